The van der Waals surface area contributed by atoms with Gasteiger partial charge in [-0.2, -0.15) is 0 Å². The molecule has 2 aliphatic carbocycles. The zero-order valence-electron chi connectivity index (χ0n) is 12.4. The van der Waals surface area contributed by atoms with Gasteiger partial charge in [-0.15, -0.1) is 0 Å². The van der Waals surface area contributed by atoms with Gasteiger partial charge in [0.1, 0.15) is 0 Å². The van der Waals surface area contributed by atoms with Crippen molar-refractivity contribution < 1.29 is 0 Å². The molecule has 0 aromatic rings. The fourth-order valence-electron chi connectivity index (χ4n) is 4.09. The van der Waals surface area contributed by atoms with E-state index in [-0.39, 0.29) is 0 Å². The first-order valence-electron chi connectivity index (χ1n) is 8.48. The van der Waals surface area contributed by atoms with Crippen molar-refractivity contribution in [2.75, 3.05) is 0 Å². The Bertz CT molecular complexity index is 170. The smallest absolute Gasteiger partial charge is 0.0386 e. The molecule has 0 bridgehead atoms. The van der Waals surface area contributed by atoms with Crippen molar-refractivity contribution in [3.05, 3.63) is 12.8 Å². The van der Waals surface area contributed by atoms with Gasteiger partial charge in [-0.05, 0) is 56.3 Å². The molecule has 0 heterocycles. The Kier molecular flexibility index (Phi) is 6.59. The molecule has 2 rings (SSSR count). The Morgan fingerprint density at radius 2 is 1.28 bits per heavy atom. The lowest BCUT2D eigenvalue weighted by Crippen LogP contribution is -2.11. The maximum Gasteiger partial charge on any atom is -0.0386 e. The molecule has 0 spiro atoms. The molecule has 2 aliphatic rings. The maximum absolute atomic E-state index is 2.52. The summed E-state index contributed by atoms with van der Waals surface area (Å²) in [4.78, 5) is 0. The second-order valence-electron chi connectivity index (χ2n) is 6.90. The molecular formula is C18H32. The Morgan fingerprint density at radius 1 is 0.778 bits per heavy atom. The molecule has 0 N–H and O–H groups in total. The van der Waals surface area contributed by atoms with E-state index < -0.39 is 0 Å². The van der Waals surface area contributed by atoms with Crippen LogP contribution in [-0.4, -0.2) is 0 Å². The quantitative estimate of drug-likeness (QED) is 0.537. The fraction of sp³-hybridized carbons (Fsp3) is 0.889. The molecule has 0 amide bonds. The average molecular weight is 248 g/mol. The van der Waals surface area contributed by atoms with Crippen LogP contribution in [0.1, 0.15) is 84.0 Å². The highest BCUT2D eigenvalue weighted by molar-refractivity contribution is 4.78. The summed E-state index contributed by atoms with van der Waals surface area (Å²) in [7, 11) is 0. The van der Waals surface area contributed by atoms with Gasteiger partial charge in [0.25, 0.3) is 0 Å². The van der Waals surface area contributed by atoms with Crippen LogP contribution in [0.15, 0.2) is 0 Å². The van der Waals surface area contributed by atoms with Crippen molar-refractivity contribution in [2.24, 2.45) is 17.8 Å². The Hall–Kier alpha value is 0. The van der Waals surface area contributed by atoms with E-state index in [4.69, 9.17) is 0 Å². The molecule has 2 unspecified atom stereocenters. The molecule has 0 nitrogen and oxygen atoms in total. The molecular weight excluding hydrogens is 216 g/mol. The van der Waals surface area contributed by atoms with Crippen LogP contribution in [0.4, 0.5) is 0 Å². The minimum atomic E-state index is 0.969. The van der Waals surface area contributed by atoms with Gasteiger partial charge in [-0.3, -0.25) is 0 Å². The predicted molar refractivity (Wildman–Crippen MR) is 80.1 cm³/mol. The molecule has 2 radical (unpaired) electrons. The van der Waals surface area contributed by atoms with Gasteiger partial charge >= 0.3 is 0 Å². The van der Waals surface area contributed by atoms with E-state index in [1.165, 1.54) is 77.0 Å². The molecule has 0 saturated heterocycles. The lowest BCUT2D eigenvalue weighted by atomic mass is 9.83. The van der Waals surface area contributed by atoms with Gasteiger partial charge in [-0.1, -0.05) is 58.3 Å². The van der Waals surface area contributed by atoms with E-state index in [2.05, 4.69) is 19.8 Å². The second kappa shape index (κ2) is 8.23. The van der Waals surface area contributed by atoms with Crippen molar-refractivity contribution in [2.45, 2.75) is 84.0 Å². The normalized spacial score (nSPS) is 25.0. The molecule has 0 aromatic carbocycles. The van der Waals surface area contributed by atoms with Gasteiger partial charge in [0.05, 0.1) is 0 Å². The van der Waals surface area contributed by atoms with Crippen molar-refractivity contribution in [1.82, 2.24) is 0 Å². The first-order chi connectivity index (χ1) is 8.84. The van der Waals surface area contributed by atoms with Gasteiger partial charge in [0.15, 0.2) is 0 Å². The lowest BCUT2D eigenvalue weighted by Gasteiger charge is -2.23. The van der Waals surface area contributed by atoms with Crippen LogP contribution in [0, 0.1) is 30.6 Å². The first-order valence-corrected chi connectivity index (χ1v) is 8.48. The van der Waals surface area contributed by atoms with Crippen LogP contribution in [0.5, 0.6) is 0 Å². The zero-order chi connectivity index (χ0) is 12.6. The third kappa shape index (κ3) is 5.33. The van der Waals surface area contributed by atoms with E-state index in [0.717, 1.165) is 17.8 Å². The van der Waals surface area contributed by atoms with Crippen LogP contribution < -0.4 is 0 Å². The van der Waals surface area contributed by atoms with E-state index in [1.54, 1.807) is 0 Å². The zero-order valence-corrected chi connectivity index (χ0v) is 12.4. The molecule has 0 heteroatoms. The molecule has 0 aromatic heterocycles. The van der Waals surface area contributed by atoms with E-state index in [1.807, 2.05) is 0 Å². The van der Waals surface area contributed by atoms with Gasteiger partial charge in [0.2, 0.25) is 0 Å². The average Bonchev–Trinajstić information content (AvgIpc) is 2.74. The van der Waals surface area contributed by atoms with E-state index in [0.29, 0.717) is 0 Å². The summed E-state index contributed by atoms with van der Waals surface area (Å²) in [5.41, 5.74) is 0. The van der Waals surface area contributed by atoms with Gasteiger partial charge in [-0.25, -0.2) is 0 Å². The number of hydrogen-bond acceptors (Lipinski definition) is 0. The van der Waals surface area contributed by atoms with Gasteiger partial charge in [0, 0.05) is 0 Å². The van der Waals surface area contributed by atoms with Crippen molar-refractivity contribution in [3.8, 4) is 0 Å². The van der Waals surface area contributed by atoms with Crippen LogP contribution in [-0.2, 0) is 0 Å². The largest absolute Gasteiger partial charge is 0.0625 e. The monoisotopic (exact) mass is 248 g/mol. The third-order valence-electron chi connectivity index (χ3n) is 5.07. The number of rotatable bonds is 4. The van der Waals surface area contributed by atoms with Crippen LogP contribution in [0.25, 0.3) is 0 Å². The summed E-state index contributed by atoms with van der Waals surface area (Å²) in [5.74, 6) is 3.04. The van der Waals surface area contributed by atoms with Crippen LogP contribution in [0.3, 0.4) is 0 Å². The third-order valence-corrected chi connectivity index (χ3v) is 5.07. The highest BCUT2D eigenvalue weighted by Gasteiger charge is 2.19. The highest BCUT2D eigenvalue weighted by Crippen LogP contribution is 2.33. The molecule has 2 fully saturated rings. The summed E-state index contributed by atoms with van der Waals surface area (Å²) in [6.45, 7) is 2.52. The summed E-state index contributed by atoms with van der Waals surface area (Å²) in [5, 5.41) is 0. The summed E-state index contributed by atoms with van der Waals surface area (Å²) in [6, 6.07) is 0. The van der Waals surface area contributed by atoms with E-state index >= 15 is 0 Å². The van der Waals surface area contributed by atoms with Crippen molar-refractivity contribution in [1.29, 1.82) is 0 Å². The molecule has 0 aliphatic heterocycles. The highest BCUT2D eigenvalue weighted by atomic mass is 14.2. The summed E-state index contributed by atoms with van der Waals surface area (Å²) < 4.78 is 0. The SMILES string of the molecule is CC(CC1CC[CH]CCC1)CC1CC[CH]CCC1. The molecule has 2 saturated carbocycles. The lowest BCUT2D eigenvalue weighted by molar-refractivity contribution is 0.289. The van der Waals surface area contributed by atoms with E-state index in [9.17, 15) is 0 Å². The van der Waals surface area contributed by atoms with Crippen molar-refractivity contribution >= 4 is 0 Å². The maximum atomic E-state index is 2.52. The summed E-state index contributed by atoms with van der Waals surface area (Å²) in [6.07, 6.45) is 22.4. The summed E-state index contributed by atoms with van der Waals surface area (Å²) >= 11 is 0. The molecule has 18 heavy (non-hydrogen) atoms. The number of hydrogen-bond donors (Lipinski definition) is 0. The van der Waals surface area contributed by atoms with Crippen LogP contribution >= 0.6 is 0 Å². The first kappa shape index (κ1) is 14.4. The fourth-order valence-corrected chi connectivity index (χ4v) is 4.09. The minimum absolute atomic E-state index is 0.969. The standard InChI is InChI=1S/C18H32/c1-16(14-17-10-6-2-3-7-11-17)15-18-12-8-4-5-9-13-18/h2,4,16-18H,3,5-15H2,1H3. The molecule has 104 valence electrons. The Morgan fingerprint density at radius 3 is 1.78 bits per heavy atom. The Labute approximate surface area is 115 Å². The minimum Gasteiger partial charge on any atom is -0.0625 e. The topological polar surface area (TPSA) is 0 Å². The van der Waals surface area contributed by atoms with Gasteiger partial charge < -0.3 is 0 Å². The second-order valence-corrected chi connectivity index (χ2v) is 6.90. The van der Waals surface area contributed by atoms with Crippen molar-refractivity contribution in [3.63, 3.8) is 0 Å². The Balaban J connectivity index is 1.67. The molecule has 2 atom stereocenters. The van der Waals surface area contributed by atoms with Crippen LogP contribution in [0.2, 0.25) is 0 Å². The predicted octanol–water partition coefficient (Wildman–Crippen LogP) is 5.97.